The van der Waals surface area contributed by atoms with E-state index < -0.39 is 0 Å². The van der Waals surface area contributed by atoms with Crippen molar-refractivity contribution in [2.24, 2.45) is 0 Å². The van der Waals surface area contributed by atoms with Crippen LogP contribution >= 0.6 is 24.8 Å². The molecule has 0 radical (unpaired) electrons. The first-order valence-electron chi connectivity index (χ1n) is 6.87. The maximum atomic E-state index is 11.8. The van der Waals surface area contributed by atoms with Gasteiger partial charge in [0.05, 0.1) is 13.2 Å². The smallest absolute Gasteiger partial charge is 0.234 e. The number of carbonyl (C=O) groups is 1. The normalized spacial score (nSPS) is 21.9. The predicted molar refractivity (Wildman–Crippen MR) is 87.1 cm³/mol. The van der Waals surface area contributed by atoms with Crippen LogP contribution in [0.25, 0.3) is 0 Å². The number of rotatable bonds is 8. The lowest BCUT2D eigenvalue weighted by atomic mass is 10.2. The summed E-state index contributed by atoms with van der Waals surface area (Å²) < 4.78 is 4.93. The number of halogens is 2. The van der Waals surface area contributed by atoms with Crippen molar-refractivity contribution in [1.82, 2.24) is 15.5 Å². The average Bonchev–Trinajstić information content (AvgIpc) is 2.65. The fourth-order valence-corrected chi connectivity index (χ4v) is 2.37. The number of hydrogen-bond donors (Lipinski definition) is 2. The molecule has 0 aliphatic carbocycles. The van der Waals surface area contributed by atoms with E-state index in [2.05, 4.69) is 29.4 Å². The van der Waals surface area contributed by atoms with Gasteiger partial charge < -0.3 is 15.4 Å². The predicted octanol–water partition coefficient (Wildman–Crippen LogP) is 1.05. The summed E-state index contributed by atoms with van der Waals surface area (Å²) >= 11 is 0. The number of ether oxygens (including phenoxy) is 1. The minimum Gasteiger partial charge on any atom is -0.383 e. The Balaban J connectivity index is 0. The molecule has 2 unspecified atom stereocenters. The van der Waals surface area contributed by atoms with Gasteiger partial charge in [-0.1, -0.05) is 0 Å². The van der Waals surface area contributed by atoms with Gasteiger partial charge in [0, 0.05) is 38.8 Å². The summed E-state index contributed by atoms with van der Waals surface area (Å²) in [5.74, 6) is 0.129. The van der Waals surface area contributed by atoms with E-state index in [1.807, 2.05) is 0 Å². The molecule has 7 heteroatoms. The highest BCUT2D eigenvalue weighted by Gasteiger charge is 2.28. The van der Waals surface area contributed by atoms with Crippen LogP contribution in [-0.2, 0) is 9.53 Å². The van der Waals surface area contributed by atoms with Crippen LogP contribution in [0, 0.1) is 0 Å². The molecule has 1 aliphatic rings. The zero-order valence-corrected chi connectivity index (χ0v) is 14.3. The molecule has 0 spiro atoms. The molecule has 1 saturated heterocycles. The number of amides is 1. The molecule has 2 atom stereocenters. The summed E-state index contributed by atoms with van der Waals surface area (Å²) in [6, 6.07) is 1.07. The fraction of sp³-hybridized carbons (Fsp3) is 0.923. The third-order valence-electron chi connectivity index (χ3n) is 3.57. The highest BCUT2D eigenvalue weighted by molar-refractivity contribution is 5.85. The summed E-state index contributed by atoms with van der Waals surface area (Å²) in [6.45, 7) is 7.93. The molecule has 0 aromatic rings. The van der Waals surface area contributed by atoms with Crippen molar-refractivity contribution in [3.05, 3.63) is 0 Å². The number of methoxy groups -OCH3 is 1. The Hall–Kier alpha value is -0.0700. The van der Waals surface area contributed by atoms with Gasteiger partial charge >= 0.3 is 0 Å². The summed E-state index contributed by atoms with van der Waals surface area (Å²) in [5.41, 5.74) is 0. The first-order valence-corrected chi connectivity index (χ1v) is 6.87. The Morgan fingerprint density at radius 2 is 1.75 bits per heavy atom. The largest absolute Gasteiger partial charge is 0.383 e. The van der Waals surface area contributed by atoms with E-state index in [4.69, 9.17) is 4.74 Å². The number of nitrogens with one attached hydrogen (secondary N) is 2. The Morgan fingerprint density at radius 1 is 1.15 bits per heavy atom. The topological polar surface area (TPSA) is 53.6 Å². The van der Waals surface area contributed by atoms with Crippen LogP contribution in [-0.4, -0.2) is 62.8 Å². The molecule has 1 aliphatic heterocycles. The van der Waals surface area contributed by atoms with E-state index in [1.165, 1.54) is 12.8 Å². The third-order valence-corrected chi connectivity index (χ3v) is 3.57. The number of likely N-dealkylation sites (tertiary alicyclic amines) is 1. The Labute approximate surface area is 135 Å². The van der Waals surface area contributed by atoms with Gasteiger partial charge in [-0.2, -0.15) is 0 Å². The quantitative estimate of drug-likeness (QED) is 0.654. The van der Waals surface area contributed by atoms with Gasteiger partial charge in [0.2, 0.25) is 5.91 Å². The molecule has 0 aromatic carbocycles. The lowest BCUT2D eigenvalue weighted by molar-refractivity contribution is -0.122. The van der Waals surface area contributed by atoms with Gasteiger partial charge in [-0.15, -0.1) is 24.8 Å². The first kappa shape index (κ1) is 22.2. The molecule has 1 heterocycles. The van der Waals surface area contributed by atoms with Crippen LogP contribution in [0.4, 0.5) is 0 Å². The minimum atomic E-state index is 0. The van der Waals surface area contributed by atoms with Crippen LogP contribution in [0.2, 0.25) is 0 Å². The molecule has 1 fully saturated rings. The van der Waals surface area contributed by atoms with Crippen molar-refractivity contribution in [3.63, 3.8) is 0 Å². The molecule has 20 heavy (non-hydrogen) atoms. The summed E-state index contributed by atoms with van der Waals surface area (Å²) in [7, 11) is 1.68. The standard InChI is InChI=1S/C13H27N3O2.2ClH/c1-11-4-5-12(2)16(11)10-13(17)15-7-6-14-8-9-18-3;;/h11-12,14H,4-10H2,1-3H3,(H,15,17);2*1H. The average molecular weight is 330 g/mol. The third kappa shape index (κ3) is 8.27. The lowest BCUT2D eigenvalue weighted by Gasteiger charge is -2.25. The van der Waals surface area contributed by atoms with E-state index >= 15 is 0 Å². The van der Waals surface area contributed by atoms with E-state index in [0.29, 0.717) is 31.8 Å². The van der Waals surface area contributed by atoms with Crippen LogP contribution in [0.5, 0.6) is 0 Å². The van der Waals surface area contributed by atoms with Gasteiger partial charge in [0.25, 0.3) is 0 Å². The summed E-state index contributed by atoms with van der Waals surface area (Å²) in [5, 5.41) is 6.14. The molecule has 122 valence electrons. The number of carbonyl (C=O) groups excluding carboxylic acids is 1. The molecular formula is C13H29Cl2N3O2. The molecule has 2 N–H and O–H groups in total. The van der Waals surface area contributed by atoms with Gasteiger partial charge in [-0.25, -0.2) is 0 Å². The van der Waals surface area contributed by atoms with Crippen molar-refractivity contribution in [3.8, 4) is 0 Å². The van der Waals surface area contributed by atoms with Crippen LogP contribution in [0.1, 0.15) is 26.7 Å². The summed E-state index contributed by atoms with van der Waals surface area (Å²) in [4.78, 5) is 14.1. The first-order chi connectivity index (χ1) is 8.65. The molecule has 1 rings (SSSR count). The highest BCUT2D eigenvalue weighted by atomic mass is 35.5. The van der Waals surface area contributed by atoms with Crippen molar-refractivity contribution < 1.29 is 9.53 Å². The van der Waals surface area contributed by atoms with E-state index in [9.17, 15) is 4.79 Å². The second kappa shape index (κ2) is 12.7. The second-order valence-corrected chi connectivity index (χ2v) is 5.04. The molecular weight excluding hydrogens is 301 g/mol. The van der Waals surface area contributed by atoms with Crippen LogP contribution in [0.15, 0.2) is 0 Å². The summed E-state index contributed by atoms with van der Waals surface area (Å²) in [6.07, 6.45) is 2.40. The molecule has 0 saturated carbocycles. The zero-order valence-electron chi connectivity index (χ0n) is 12.7. The SMILES string of the molecule is COCCNCCNC(=O)CN1C(C)CCC1C.Cl.Cl. The van der Waals surface area contributed by atoms with E-state index in [0.717, 1.165) is 13.1 Å². The molecule has 0 bridgehead atoms. The van der Waals surface area contributed by atoms with Crippen molar-refractivity contribution >= 4 is 30.7 Å². The molecule has 5 nitrogen and oxygen atoms in total. The van der Waals surface area contributed by atoms with Crippen LogP contribution in [0.3, 0.4) is 0 Å². The lowest BCUT2D eigenvalue weighted by Crippen LogP contribution is -2.43. The Kier molecular flexibility index (Phi) is 14.1. The van der Waals surface area contributed by atoms with Crippen molar-refractivity contribution in [2.75, 3.05) is 39.9 Å². The number of hydrogen-bond acceptors (Lipinski definition) is 4. The van der Waals surface area contributed by atoms with Crippen molar-refractivity contribution in [2.45, 2.75) is 38.8 Å². The van der Waals surface area contributed by atoms with E-state index in [-0.39, 0.29) is 30.7 Å². The highest BCUT2D eigenvalue weighted by Crippen LogP contribution is 2.22. The Bertz CT molecular complexity index is 248. The van der Waals surface area contributed by atoms with Crippen LogP contribution < -0.4 is 10.6 Å². The zero-order chi connectivity index (χ0) is 13.4. The second-order valence-electron chi connectivity index (χ2n) is 5.04. The fourth-order valence-electron chi connectivity index (χ4n) is 2.37. The van der Waals surface area contributed by atoms with Gasteiger partial charge in [-0.05, 0) is 26.7 Å². The number of nitrogens with zero attached hydrogens (tertiary/aromatic N) is 1. The van der Waals surface area contributed by atoms with Gasteiger partial charge in [0.15, 0.2) is 0 Å². The van der Waals surface area contributed by atoms with E-state index in [1.54, 1.807) is 7.11 Å². The maximum absolute atomic E-state index is 11.8. The molecule has 0 aromatic heterocycles. The molecule has 1 amide bonds. The minimum absolute atomic E-state index is 0. The Morgan fingerprint density at radius 3 is 2.30 bits per heavy atom. The monoisotopic (exact) mass is 329 g/mol. The van der Waals surface area contributed by atoms with Gasteiger partial charge in [-0.3, -0.25) is 9.69 Å². The maximum Gasteiger partial charge on any atom is 0.234 e. The van der Waals surface area contributed by atoms with Crippen molar-refractivity contribution in [1.29, 1.82) is 0 Å². The van der Waals surface area contributed by atoms with Gasteiger partial charge in [0.1, 0.15) is 0 Å².